The number of rotatable bonds is 6. The van der Waals surface area contributed by atoms with Crippen molar-refractivity contribution < 1.29 is 19.1 Å². The van der Waals surface area contributed by atoms with Gasteiger partial charge in [-0.15, -0.1) is 0 Å². The third-order valence-corrected chi connectivity index (χ3v) is 4.07. The number of benzene rings is 3. The van der Waals surface area contributed by atoms with E-state index in [9.17, 15) is 9.18 Å². The second-order valence-electron chi connectivity index (χ2n) is 5.77. The summed E-state index contributed by atoms with van der Waals surface area (Å²) in [4.78, 5) is 12.1. The Hall–Kier alpha value is -3.18. The van der Waals surface area contributed by atoms with Crippen LogP contribution in [0.2, 0.25) is 0 Å². The van der Waals surface area contributed by atoms with Gasteiger partial charge in [-0.3, -0.25) is 10.0 Å². The molecule has 0 fully saturated rings. The lowest BCUT2D eigenvalue weighted by molar-refractivity contribution is -0.129. The molecule has 3 rings (SSSR count). The van der Waals surface area contributed by atoms with Crippen LogP contribution >= 0.6 is 0 Å². The van der Waals surface area contributed by atoms with Crippen LogP contribution in [0.5, 0.6) is 5.75 Å². The molecular formula is C21H18FNO3. The average Bonchev–Trinajstić information content (AvgIpc) is 2.69. The highest BCUT2D eigenvalue weighted by Gasteiger charge is 2.22. The number of hydrogen-bond donors (Lipinski definition) is 2. The summed E-state index contributed by atoms with van der Waals surface area (Å²) in [5, 5.41) is 9.06. The molecule has 0 radical (unpaired) electrons. The van der Waals surface area contributed by atoms with E-state index in [1.54, 1.807) is 47.9 Å². The zero-order valence-electron chi connectivity index (χ0n) is 13.9. The van der Waals surface area contributed by atoms with Crippen LogP contribution in [0.15, 0.2) is 78.9 Å². The SMILES string of the molecule is O=C(NO)C(c1ccccc1)c1ccc(OCc2ccccc2F)cc1. The van der Waals surface area contributed by atoms with Crippen molar-refractivity contribution in [3.8, 4) is 5.75 Å². The molecule has 0 aliphatic carbocycles. The number of amides is 1. The predicted octanol–water partition coefficient (Wildman–Crippen LogP) is 4.04. The number of ether oxygens (including phenoxy) is 1. The molecule has 0 aliphatic heterocycles. The first kappa shape index (κ1) is 17.6. The zero-order valence-corrected chi connectivity index (χ0v) is 13.9. The van der Waals surface area contributed by atoms with Crippen LogP contribution in [0, 0.1) is 5.82 Å². The van der Waals surface area contributed by atoms with Crippen molar-refractivity contribution in [1.29, 1.82) is 0 Å². The first-order valence-electron chi connectivity index (χ1n) is 8.14. The molecule has 132 valence electrons. The summed E-state index contributed by atoms with van der Waals surface area (Å²) >= 11 is 0. The number of hydrogen-bond acceptors (Lipinski definition) is 3. The Labute approximate surface area is 150 Å². The number of carbonyl (C=O) groups excluding carboxylic acids is 1. The van der Waals surface area contributed by atoms with Crippen LogP contribution in [0.4, 0.5) is 4.39 Å². The first-order valence-corrected chi connectivity index (χ1v) is 8.14. The van der Waals surface area contributed by atoms with Crippen LogP contribution in [0.25, 0.3) is 0 Å². The van der Waals surface area contributed by atoms with E-state index in [4.69, 9.17) is 9.94 Å². The number of halogens is 1. The van der Waals surface area contributed by atoms with Gasteiger partial charge in [-0.1, -0.05) is 60.7 Å². The Morgan fingerprint density at radius 3 is 2.19 bits per heavy atom. The summed E-state index contributed by atoms with van der Waals surface area (Å²) in [6.07, 6.45) is 0. The molecule has 1 unspecified atom stereocenters. The summed E-state index contributed by atoms with van der Waals surface area (Å²) in [7, 11) is 0. The van der Waals surface area contributed by atoms with E-state index in [0.29, 0.717) is 16.9 Å². The molecule has 0 bridgehead atoms. The molecular weight excluding hydrogens is 333 g/mol. The van der Waals surface area contributed by atoms with Gasteiger partial charge in [-0.05, 0) is 29.3 Å². The molecule has 5 heteroatoms. The number of nitrogens with one attached hydrogen (secondary N) is 1. The summed E-state index contributed by atoms with van der Waals surface area (Å²) in [5.41, 5.74) is 3.66. The van der Waals surface area contributed by atoms with Gasteiger partial charge in [0.25, 0.3) is 5.91 Å². The lowest BCUT2D eigenvalue weighted by atomic mass is 9.91. The maximum absolute atomic E-state index is 13.6. The lowest BCUT2D eigenvalue weighted by Crippen LogP contribution is -2.27. The van der Waals surface area contributed by atoms with Crippen molar-refractivity contribution in [3.63, 3.8) is 0 Å². The smallest absolute Gasteiger partial charge is 0.255 e. The van der Waals surface area contributed by atoms with Gasteiger partial charge >= 0.3 is 0 Å². The van der Waals surface area contributed by atoms with Gasteiger partial charge in [0.1, 0.15) is 18.2 Å². The van der Waals surface area contributed by atoms with Crippen LogP contribution < -0.4 is 10.2 Å². The molecule has 3 aromatic carbocycles. The third-order valence-electron chi connectivity index (χ3n) is 4.07. The van der Waals surface area contributed by atoms with Gasteiger partial charge in [0.15, 0.2) is 0 Å². The van der Waals surface area contributed by atoms with Crippen LogP contribution in [-0.4, -0.2) is 11.1 Å². The van der Waals surface area contributed by atoms with Gasteiger partial charge in [-0.25, -0.2) is 9.87 Å². The maximum atomic E-state index is 13.6. The highest BCUT2D eigenvalue weighted by Crippen LogP contribution is 2.27. The Morgan fingerprint density at radius 2 is 1.54 bits per heavy atom. The molecule has 26 heavy (non-hydrogen) atoms. The van der Waals surface area contributed by atoms with Crippen molar-refractivity contribution in [2.75, 3.05) is 0 Å². The topological polar surface area (TPSA) is 58.6 Å². The molecule has 0 spiro atoms. The van der Waals surface area contributed by atoms with Crippen LogP contribution in [-0.2, 0) is 11.4 Å². The highest BCUT2D eigenvalue weighted by atomic mass is 19.1. The fraction of sp³-hybridized carbons (Fsp3) is 0.0952. The van der Waals surface area contributed by atoms with E-state index < -0.39 is 11.8 Å². The molecule has 1 atom stereocenters. The Balaban J connectivity index is 1.77. The minimum Gasteiger partial charge on any atom is -0.489 e. The molecule has 2 N–H and O–H groups in total. The Morgan fingerprint density at radius 1 is 0.923 bits per heavy atom. The first-order chi connectivity index (χ1) is 12.7. The second-order valence-corrected chi connectivity index (χ2v) is 5.77. The van der Waals surface area contributed by atoms with Gasteiger partial charge in [0.2, 0.25) is 0 Å². The standard InChI is InChI=1S/C21H18FNO3/c22-19-9-5-4-8-17(19)14-26-18-12-10-16(11-13-18)20(21(24)23-25)15-6-2-1-3-7-15/h1-13,20,25H,14H2,(H,23,24). The van der Waals surface area contributed by atoms with Gasteiger partial charge in [0.05, 0.1) is 5.92 Å². The van der Waals surface area contributed by atoms with Crippen molar-refractivity contribution in [2.24, 2.45) is 0 Å². The fourth-order valence-corrected chi connectivity index (χ4v) is 2.74. The average molecular weight is 351 g/mol. The van der Waals surface area contributed by atoms with Gasteiger partial charge in [0, 0.05) is 5.56 Å². The Kier molecular flexibility index (Phi) is 5.61. The fourth-order valence-electron chi connectivity index (χ4n) is 2.74. The van der Waals surface area contributed by atoms with E-state index in [-0.39, 0.29) is 12.4 Å². The summed E-state index contributed by atoms with van der Waals surface area (Å²) in [6, 6.07) is 22.5. The minimum absolute atomic E-state index is 0.116. The molecule has 0 aliphatic rings. The van der Waals surface area contributed by atoms with E-state index in [1.807, 2.05) is 30.3 Å². The van der Waals surface area contributed by atoms with E-state index in [0.717, 1.165) is 5.56 Å². The second kappa shape index (κ2) is 8.27. The van der Waals surface area contributed by atoms with E-state index in [1.165, 1.54) is 6.07 Å². The minimum atomic E-state index is -0.637. The molecule has 4 nitrogen and oxygen atoms in total. The van der Waals surface area contributed by atoms with E-state index >= 15 is 0 Å². The number of carbonyl (C=O) groups is 1. The molecule has 1 amide bonds. The molecule has 3 aromatic rings. The quantitative estimate of drug-likeness (QED) is 0.520. The summed E-state index contributed by atoms with van der Waals surface area (Å²) < 4.78 is 19.2. The summed E-state index contributed by atoms with van der Waals surface area (Å²) in [6.45, 7) is 0.116. The predicted molar refractivity (Wildman–Crippen MR) is 95.4 cm³/mol. The van der Waals surface area contributed by atoms with Gasteiger partial charge in [-0.2, -0.15) is 0 Å². The lowest BCUT2D eigenvalue weighted by Gasteiger charge is -2.16. The Bertz CT molecular complexity index is 866. The number of hydroxylamine groups is 1. The summed E-state index contributed by atoms with van der Waals surface area (Å²) in [5.74, 6) is -0.904. The zero-order chi connectivity index (χ0) is 18.4. The molecule has 0 heterocycles. The van der Waals surface area contributed by atoms with Crippen molar-refractivity contribution >= 4 is 5.91 Å². The monoisotopic (exact) mass is 351 g/mol. The highest BCUT2D eigenvalue weighted by molar-refractivity contribution is 5.86. The van der Waals surface area contributed by atoms with Crippen LogP contribution in [0.1, 0.15) is 22.6 Å². The molecule has 0 saturated carbocycles. The normalized spacial score (nSPS) is 11.6. The van der Waals surface area contributed by atoms with E-state index in [2.05, 4.69) is 0 Å². The third kappa shape index (κ3) is 4.07. The largest absolute Gasteiger partial charge is 0.489 e. The van der Waals surface area contributed by atoms with Crippen molar-refractivity contribution in [3.05, 3.63) is 101 Å². The van der Waals surface area contributed by atoms with Gasteiger partial charge < -0.3 is 4.74 Å². The molecule has 0 aromatic heterocycles. The van der Waals surface area contributed by atoms with Crippen molar-refractivity contribution in [2.45, 2.75) is 12.5 Å². The maximum Gasteiger partial charge on any atom is 0.255 e. The van der Waals surface area contributed by atoms with Crippen LogP contribution in [0.3, 0.4) is 0 Å². The molecule has 0 saturated heterocycles. The van der Waals surface area contributed by atoms with Crippen molar-refractivity contribution in [1.82, 2.24) is 5.48 Å².